The van der Waals surface area contributed by atoms with Crippen molar-refractivity contribution in [1.82, 2.24) is 0 Å². The van der Waals surface area contributed by atoms with Crippen molar-refractivity contribution < 1.29 is 27.6 Å². The number of sulfonamides is 1. The highest BCUT2D eigenvalue weighted by Crippen LogP contribution is 2.33. The minimum absolute atomic E-state index is 0.0761. The van der Waals surface area contributed by atoms with Gasteiger partial charge in [0.15, 0.2) is 0 Å². The maximum atomic E-state index is 12.5. The number of nitrogens with one attached hydrogen (secondary N) is 1. The van der Waals surface area contributed by atoms with Crippen molar-refractivity contribution in [2.24, 2.45) is 0 Å². The van der Waals surface area contributed by atoms with Gasteiger partial charge in [-0.1, -0.05) is 6.07 Å². The van der Waals surface area contributed by atoms with E-state index in [1.54, 1.807) is 24.3 Å². The van der Waals surface area contributed by atoms with Crippen molar-refractivity contribution in [1.29, 1.82) is 0 Å². The van der Waals surface area contributed by atoms with Gasteiger partial charge in [0.1, 0.15) is 23.7 Å². The maximum Gasteiger partial charge on any atom is 0.271 e. The van der Waals surface area contributed by atoms with E-state index in [4.69, 9.17) is 9.47 Å². The van der Waals surface area contributed by atoms with E-state index < -0.39 is 27.4 Å². The standard InChI is InChI=1S/C18H21N3O7S/c1-4-28-15-7-5-6-13(10-15)19-18(22)12-20(29(3,25)26)16-11-14(21(23)24)8-9-17(16)27-2/h5-11H,4,12H2,1-3H3,(H,19,22). The first kappa shape index (κ1) is 22.0. The van der Waals surface area contributed by atoms with E-state index >= 15 is 0 Å². The first-order valence-electron chi connectivity index (χ1n) is 8.48. The minimum atomic E-state index is -3.95. The molecule has 0 aromatic heterocycles. The lowest BCUT2D eigenvalue weighted by Gasteiger charge is -2.23. The molecule has 1 N–H and O–H groups in total. The van der Waals surface area contributed by atoms with Gasteiger partial charge in [-0.15, -0.1) is 0 Å². The number of hydrogen-bond donors (Lipinski definition) is 1. The Morgan fingerprint density at radius 1 is 1.24 bits per heavy atom. The summed E-state index contributed by atoms with van der Waals surface area (Å²) in [5.74, 6) is -0.0181. The number of ether oxygens (including phenoxy) is 2. The molecular weight excluding hydrogens is 402 g/mol. The average molecular weight is 423 g/mol. The molecule has 10 nitrogen and oxygen atoms in total. The van der Waals surface area contributed by atoms with Gasteiger partial charge in [-0.3, -0.25) is 19.2 Å². The van der Waals surface area contributed by atoms with Crippen LogP contribution in [0.15, 0.2) is 42.5 Å². The third kappa shape index (κ3) is 5.82. The van der Waals surface area contributed by atoms with E-state index in [0.717, 1.165) is 16.6 Å². The summed E-state index contributed by atoms with van der Waals surface area (Å²) in [5.41, 5.74) is -0.0258. The van der Waals surface area contributed by atoms with Gasteiger partial charge >= 0.3 is 0 Å². The molecule has 0 aliphatic heterocycles. The van der Waals surface area contributed by atoms with Gasteiger partial charge in [0, 0.05) is 23.9 Å². The Labute approximate surface area is 168 Å². The van der Waals surface area contributed by atoms with Crippen LogP contribution < -0.4 is 19.1 Å². The maximum absolute atomic E-state index is 12.5. The molecule has 11 heteroatoms. The second kappa shape index (κ2) is 9.24. The van der Waals surface area contributed by atoms with Crippen LogP contribution in [0.4, 0.5) is 17.1 Å². The number of nitro benzene ring substituents is 1. The minimum Gasteiger partial charge on any atom is -0.495 e. The van der Waals surface area contributed by atoms with E-state index in [9.17, 15) is 23.3 Å². The molecule has 2 aromatic carbocycles. The summed E-state index contributed by atoms with van der Waals surface area (Å²) in [6, 6.07) is 10.1. The largest absolute Gasteiger partial charge is 0.495 e. The van der Waals surface area contributed by atoms with Gasteiger partial charge in [-0.05, 0) is 25.1 Å². The monoisotopic (exact) mass is 423 g/mol. The lowest BCUT2D eigenvalue weighted by atomic mass is 10.2. The van der Waals surface area contributed by atoms with Crippen molar-refractivity contribution in [3.05, 3.63) is 52.6 Å². The van der Waals surface area contributed by atoms with Crippen molar-refractivity contribution in [2.75, 3.05) is 36.1 Å². The van der Waals surface area contributed by atoms with E-state index in [0.29, 0.717) is 18.0 Å². The Morgan fingerprint density at radius 3 is 2.55 bits per heavy atom. The Kier molecular flexibility index (Phi) is 6.99. The Bertz CT molecular complexity index is 1010. The van der Waals surface area contributed by atoms with Crippen molar-refractivity contribution in [2.45, 2.75) is 6.92 Å². The second-order valence-corrected chi connectivity index (χ2v) is 7.80. The quantitative estimate of drug-likeness (QED) is 0.484. The molecule has 0 saturated heterocycles. The van der Waals surface area contributed by atoms with Gasteiger partial charge in [-0.25, -0.2) is 8.42 Å². The fourth-order valence-electron chi connectivity index (χ4n) is 2.53. The molecular formula is C18H21N3O7S. The van der Waals surface area contributed by atoms with Crippen LogP contribution in [-0.4, -0.2) is 45.8 Å². The number of non-ortho nitro benzene ring substituents is 1. The molecule has 0 unspecified atom stereocenters. The summed E-state index contributed by atoms with van der Waals surface area (Å²) < 4.78 is 35.9. The SMILES string of the molecule is CCOc1cccc(NC(=O)CN(c2cc([N+](=O)[O-])ccc2OC)S(C)(=O)=O)c1. The third-order valence-electron chi connectivity index (χ3n) is 3.76. The zero-order valence-electron chi connectivity index (χ0n) is 16.1. The van der Waals surface area contributed by atoms with Crippen LogP contribution in [0, 0.1) is 10.1 Å². The molecule has 0 spiro atoms. The normalized spacial score (nSPS) is 10.9. The number of nitrogens with zero attached hydrogens (tertiary/aromatic N) is 2. The van der Waals surface area contributed by atoms with E-state index in [2.05, 4.69) is 5.32 Å². The van der Waals surface area contributed by atoms with Gasteiger partial charge in [-0.2, -0.15) is 0 Å². The molecule has 0 radical (unpaired) electrons. The van der Waals surface area contributed by atoms with Crippen molar-refractivity contribution >= 4 is 33.0 Å². The molecule has 0 atom stereocenters. The number of rotatable bonds is 9. The van der Waals surface area contributed by atoms with Crippen LogP contribution >= 0.6 is 0 Å². The van der Waals surface area contributed by atoms with Crippen LogP contribution in [0.5, 0.6) is 11.5 Å². The number of nitro groups is 1. The lowest BCUT2D eigenvalue weighted by molar-refractivity contribution is -0.384. The summed E-state index contributed by atoms with van der Waals surface area (Å²) in [6.45, 7) is 1.67. The summed E-state index contributed by atoms with van der Waals surface area (Å²) >= 11 is 0. The van der Waals surface area contributed by atoms with Gasteiger partial charge < -0.3 is 14.8 Å². The first-order valence-corrected chi connectivity index (χ1v) is 10.3. The number of hydrogen-bond acceptors (Lipinski definition) is 7. The molecule has 0 heterocycles. The first-order chi connectivity index (χ1) is 13.7. The topological polar surface area (TPSA) is 128 Å². The smallest absolute Gasteiger partial charge is 0.271 e. The van der Waals surface area contributed by atoms with Crippen molar-refractivity contribution in [3.8, 4) is 11.5 Å². The molecule has 2 rings (SSSR count). The molecule has 0 saturated carbocycles. The van der Waals surface area contributed by atoms with Crippen LogP contribution in [0.2, 0.25) is 0 Å². The Balaban J connectivity index is 2.33. The molecule has 2 aromatic rings. The number of methoxy groups -OCH3 is 1. The molecule has 0 fully saturated rings. The lowest BCUT2D eigenvalue weighted by Crippen LogP contribution is -2.37. The number of carbonyl (C=O) groups excluding carboxylic acids is 1. The number of benzene rings is 2. The summed E-state index contributed by atoms with van der Waals surface area (Å²) in [7, 11) is -2.66. The molecule has 0 aliphatic carbocycles. The van der Waals surface area contributed by atoms with E-state index in [1.165, 1.54) is 19.2 Å². The predicted molar refractivity (Wildman–Crippen MR) is 108 cm³/mol. The van der Waals surface area contributed by atoms with Gasteiger partial charge in [0.05, 0.1) is 24.9 Å². The molecule has 156 valence electrons. The fourth-order valence-corrected chi connectivity index (χ4v) is 3.38. The Morgan fingerprint density at radius 2 is 1.97 bits per heavy atom. The third-order valence-corrected chi connectivity index (χ3v) is 4.88. The van der Waals surface area contributed by atoms with E-state index in [-0.39, 0.29) is 17.1 Å². The van der Waals surface area contributed by atoms with Crippen LogP contribution in [0.1, 0.15) is 6.92 Å². The van der Waals surface area contributed by atoms with Crippen LogP contribution in [-0.2, 0) is 14.8 Å². The van der Waals surface area contributed by atoms with E-state index in [1.807, 2.05) is 6.92 Å². The summed E-state index contributed by atoms with van der Waals surface area (Å²) in [5, 5.41) is 13.7. The summed E-state index contributed by atoms with van der Waals surface area (Å²) in [4.78, 5) is 22.9. The average Bonchev–Trinajstić information content (AvgIpc) is 2.65. The number of amides is 1. The van der Waals surface area contributed by atoms with Crippen molar-refractivity contribution in [3.63, 3.8) is 0 Å². The summed E-state index contributed by atoms with van der Waals surface area (Å²) in [6.07, 6.45) is 0.897. The fraction of sp³-hybridized carbons (Fsp3) is 0.278. The highest BCUT2D eigenvalue weighted by Gasteiger charge is 2.26. The molecule has 29 heavy (non-hydrogen) atoms. The zero-order valence-corrected chi connectivity index (χ0v) is 16.9. The molecule has 0 bridgehead atoms. The second-order valence-electron chi connectivity index (χ2n) is 5.89. The zero-order chi connectivity index (χ0) is 21.6. The number of carbonyl (C=O) groups is 1. The highest BCUT2D eigenvalue weighted by molar-refractivity contribution is 7.92. The molecule has 1 amide bonds. The van der Waals surface area contributed by atoms with Crippen LogP contribution in [0.3, 0.4) is 0 Å². The predicted octanol–water partition coefficient (Wildman–Crippen LogP) is 2.41. The molecule has 0 aliphatic rings. The number of anilines is 2. The highest BCUT2D eigenvalue weighted by atomic mass is 32.2. The van der Waals surface area contributed by atoms with Crippen LogP contribution in [0.25, 0.3) is 0 Å². The Hall–Kier alpha value is -3.34. The van der Waals surface area contributed by atoms with Gasteiger partial charge in [0.2, 0.25) is 15.9 Å². The van der Waals surface area contributed by atoms with Gasteiger partial charge in [0.25, 0.3) is 5.69 Å².